The lowest BCUT2D eigenvalue weighted by molar-refractivity contribution is 0.0918. The van der Waals surface area contributed by atoms with Gasteiger partial charge in [-0.1, -0.05) is 44.2 Å². The summed E-state index contributed by atoms with van der Waals surface area (Å²) in [5, 5.41) is 6.64. The monoisotopic (exact) mass is 500 g/mol. The molecule has 1 aromatic heterocycles. The molecule has 192 valence electrons. The molecule has 0 aliphatic carbocycles. The predicted octanol–water partition coefficient (Wildman–Crippen LogP) is 4.92. The number of rotatable bonds is 11. The maximum Gasteiger partial charge on any atom is 0.287 e. The number of furan rings is 1. The van der Waals surface area contributed by atoms with Gasteiger partial charge < -0.3 is 25.5 Å². The van der Waals surface area contributed by atoms with E-state index in [0.29, 0.717) is 47.1 Å². The molecule has 4 N–H and O–H groups in total. The fourth-order valence-corrected chi connectivity index (χ4v) is 4.03. The Balaban J connectivity index is 1.32. The normalized spacial score (nSPS) is 11.0. The van der Waals surface area contributed by atoms with Crippen LogP contribution in [0.4, 0.5) is 11.4 Å². The van der Waals surface area contributed by atoms with Crippen LogP contribution < -0.4 is 21.1 Å². The topological polar surface area (TPSA) is 110 Å². The zero-order valence-corrected chi connectivity index (χ0v) is 21.1. The first-order valence-electron chi connectivity index (χ1n) is 12.4. The number of hydrogen-bond donors (Lipinski definition) is 3. The van der Waals surface area contributed by atoms with Crippen LogP contribution in [0.15, 0.2) is 77.2 Å². The SMILES string of the molecule is CCN(CC)Cc1c(C(=O)NCCOc2ccc(C(=O)Nc3ccccc3N)cc2)oc2ccccc12. The Morgan fingerprint density at radius 2 is 1.62 bits per heavy atom. The molecule has 0 radical (unpaired) electrons. The molecule has 0 aliphatic heterocycles. The summed E-state index contributed by atoms with van der Waals surface area (Å²) in [6.07, 6.45) is 0. The van der Waals surface area contributed by atoms with E-state index in [9.17, 15) is 9.59 Å². The van der Waals surface area contributed by atoms with Gasteiger partial charge in [-0.05, 0) is 55.6 Å². The van der Waals surface area contributed by atoms with Crippen molar-refractivity contribution in [3.8, 4) is 5.75 Å². The van der Waals surface area contributed by atoms with Gasteiger partial charge in [-0.25, -0.2) is 0 Å². The highest BCUT2D eigenvalue weighted by Gasteiger charge is 2.21. The summed E-state index contributed by atoms with van der Waals surface area (Å²) in [6, 6.07) is 21.6. The second kappa shape index (κ2) is 12.1. The van der Waals surface area contributed by atoms with Crippen LogP contribution in [0, 0.1) is 0 Å². The molecule has 0 fully saturated rings. The lowest BCUT2D eigenvalue weighted by atomic mass is 10.1. The van der Waals surface area contributed by atoms with E-state index in [1.54, 1.807) is 36.4 Å². The van der Waals surface area contributed by atoms with Gasteiger partial charge in [0.25, 0.3) is 11.8 Å². The summed E-state index contributed by atoms with van der Waals surface area (Å²) in [7, 11) is 0. The van der Waals surface area contributed by atoms with Crippen molar-refractivity contribution in [2.75, 3.05) is 37.3 Å². The Morgan fingerprint density at radius 1 is 0.919 bits per heavy atom. The number of benzene rings is 3. The van der Waals surface area contributed by atoms with Crippen LogP contribution in [0.2, 0.25) is 0 Å². The summed E-state index contributed by atoms with van der Waals surface area (Å²) >= 11 is 0. The van der Waals surface area contributed by atoms with E-state index < -0.39 is 0 Å². The Morgan fingerprint density at radius 3 is 2.35 bits per heavy atom. The number of nitrogens with zero attached hydrogens (tertiary/aromatic N) is 1. The number of fused-ring (bicyclic) bond motifs is 1. The number of hydrogen-bond acceptors (Lipinski definition) is 6. The molecule has 0 saturated carbocycles. The van der Waals surface area contributed by atoms with E-state index in [2.05, 4.69) is 29.4 Å². The van der Waals surface area contributed by atoms with Crippen LogP contribution in [0.5, 0.6) is 5.75 Å². The zero-order chi connectivity index (χ0) is 26.2. The number of nitrogens with one attached hydrogen (secondary N) is 2. The fourth-order valence-electron chi connectivity index (χ4n) is 4.03. The second-order valence-corrected chi connectivity index (χ2v) is 8.54. The number of ether oxygens (including phenoxy) is 1. The van der Waals surface area contributed by atoms with Crippen molar-refractivity contribution < 1.29 is 18.7 Å². The van der Waals surface area contributed by atoms with Crippen molar-refractivity contribution in [1.29, 1.82) is 0 Å². The molecule has 8 nitrogen and oxygen atoms in total. The average molecular weight is 501 g/mol. The molecule has 4 rings (SSSR count). The Labute approximate surface area is 216 Å². The van der Waals surface area contributed by atoms with E-state index in [4.69, 9.17) is 14.9 Å². The van der Waals surface area contributed by atoms with Crippen molar-refractivity contribution in [1.82, 2.24) is 10.2 Å². The molecule has 8 heteroatoms. The second-order valence-electron chi connectivity index (χ2n) is 8.54. The van der Waals surface area contributed by atoms with Gasteiger partial charge in [0, 0.05) is 23.1 Å². The number of amides is 2. The summed E-state index contributed by atoms with van der Waals surface area (Å²) in [6.45, 7) is 7.17. The molecular weight excluding hydrogens is 468 g/mol. The van der Waals surface area contributed by atoms with E-state index in [-0.39, 0.29) is 18.4 Å². The van der Waals surface area contributed by atoms with Gasteiger partial charge in [-0.2, -0.15) is 0 Å². The average Bonchev–Trinajstić information content (AvgIpc) is 3.29. The number of carbonyl (C=O) groups is 2. The number of para-hydroxylation sites is 3. The molecule has 0 spiro atoms. The lowest BCUT2D eigenvalue weighted by Crippen LogP contribution is -2.29. The summed E-state index contributed by atoms with van der Waals surface area (Å²) in [5.74, 6) is 0.399. The quantitative estimate of drug-likeness (QED) is 0.199. The van der Waals surface area contributed by atoms with Crippen molar-refractivity contribution in [2.45, 2.75) is 20.4 Å². The third-order valence-electron chi connectivity index (χ3n) is 6.16. The van der Waals surface area contributed by atoms with Crippen molar-refractivity contribution in [3.63, 3.8) is 0 Å². The standard InChI is InChI=1S/C29H32N4O4/c1-3-33(4-2)19-23-22-9-5-8-12-26(22)37-27(23)29(35)31-17-18-36-21-15-13-20(14-16-21)28(34)32-25-11-7-6-10-24(25)30/h5-16H,3-4,17-19,30H2,1-2H3,(H,31,35)(H,32,34). The Hall–Kier alpha value is -4.30. The molecular formula is C29H32N4O4. The lowest BCUT2D eigenvalue weighted by Gasteiger charge is -2.18. The molecule has 37 heavy (non-hydrogen) atoms. The van der Waals surface area contributed by atoms with E-state index >= 15 is 0 Å². The van der Waals surface area contributed by atoms with Crippen LogP contribution in [0.1, 0.15) is 40.3 Å². The molecule has 3 aromatic carbocycles. The zero-order valence-electron chi connectivity index (χ0n) is 21.1. The van der Waals surface area contributed by atoms with Crippen molar-refractivity contribution in [3.05, 3.63) is 89.7 Å². The number of anilines is 2. The first-order valence-corrected chi connectivity index (χ1v) is 12.4. The molecule has 2 amide bonds. The molecule has 0 aliphatic rings. The van der Waals surface area contributed by atoms with Crippen molar-refractivity contribution in [2.24, 2.45) is 0 Å². The van der Waals surface area contributed by atoms with Gasteiger partial charge >= 0.3 is 0 Å². The van der Waals surface area contributed by atoms with Crippen molar-refractivity contribution >= 4 is 34.2 Å². The maximum absolute atomic E-state index is 13.0. The molecule has 0 saturated heterocycles. The Kier molecular flexibility index (Phi) is 8.43. The molecule has 4 aromatic rings. The highest BCUT2D eigenvalue weighted by molar-refractivity contribution is 6.05. The van der Waals surface area contributed by atoms with Crippen LogP contribution in [-0.4, -0.2) is 43.0 Å². The third-order valence-corrected chi connectivity index (χ3v) is 6.16. The minimum absolute atomic E-state index is 0.261. The highest BCUT2D eigenvalue weighted by atomic mass is 16.5. The first-order chi connectivity index (χ1) is 18.0. The fraction of sp³-hybridized carbons (Fsp3) is 0.241. The Bertz CT molecular complexity index is 1360. The van der Waals surface area contributed by atoms with Crippen LogP contribution >= 0.6 is 0 Å². The van der Waals surface area contributed by atoms with Gasteiger partial charge in [0.05, 0.1) is 17.9 Å². The van der Waals surface area contributed by atoms with Gasteiger partial charge in [0.1, 0.15) is 17.9 Å². The first kappa shape index (κ1) is 25.8. The maximum atomic E-state index is 13.0. The van der Waals surface area contributed by atoms with Crippen LogP contribution in [0.3, 0.4) is 0 Å². The summed E-state index contributed by atoms with van der Waals surface area (Å²) < 4.78 is 11.7. The number of nitrogen functional groups attached to an aromatic ring is 1. The number of carbonyl (C=O) groups excluding carboxylic acids is 2. The van der Waals surface area contributed by atoms with Crippen LogP contribution in [0.25, 0.3) is 11.0 Å². The van der Waals surface area contributed by atoms with E-state index in [1.807, 2.05) is 36.4 Å². The largest absolute Gasteiger partial charge is 0.492 e. The molecule has 0 bridgehead atoms. The predicted molar refractivity (Wildman–Crippen MR) is 146 cm³/mol. The van der Waals surface area contributed by atoms with E-state index in [0.717, 1.165) is 24.0 Å². The molecule has 1 heterocycles. The summed E-state index contributed by atoms with van der Waals surface area (Å²) in [5.41, 5.74) is 9.02. The molecule has 0 atom stereocenters. The number of nitrogens with two attached hydrogens (primary N) is 1. The van der Waals surface area contributed by atoms with Gasteiger partial charge in [0.15, 0.2) is 5.76 Å². The van der Waals surface area contributed by atoms with Gasteiger partial charge in [-0.15, -0.1) is 0 Å². The minimum atomic E-state index is -0.269. The van der Waals surface area contributed by atoms with E-state index in [1.165, 1.54) is 0 Å². The van der Waals surface area contributed by atoms with Gasteiger partial charge in [-0.3, -0.25) is 14.5 Å². The van der Waals surface area contributed by atoms with Gasteiger partial charge in [0.2, 0.25) is 0 Å². The third kappa shape index (κ3) is 6.29. The minimum Gasteiger partial charge on any atom is -0.492 e. The summed E-state index contributed by atoms with van der Waals surface area (Å²) in [4.78, 5) is 27.7. The highest BCUT2D eigenvalue weighted by Crippen LogP contribution is 2.27. The smallest absolute Gasteiger partial charge is 0.287 e. The molecule has 0 unspecified atom stereocenters. The van der Waals surface area contributed by atoms with Crippen LogP contribution in [-0.2, 0) is 6.54 Å².